The predicted molar refractivity (Wildman–Crippen MR) is 114 cm³/mol. The molecule has 1 saturated carbocycles. The zero-order valence-corrected chi connectivity index (χ0v) is 17.2. The molecule has 1 heterocycles. The fourth-order valence-corrected chi connectivity index (χ4v) is 3.77. The molecule has 0 atom stereocenters. The summed E-state index contributed by atoms with van der Waals surface area (Å²) < 4.78 is 2.27. The third kappa shape index (κ3) is 4.07. The van der Waals surface area contributed by atoms with Crippen molar-refractivity contribution in [2.45, 2.75) is 46.2 Å². The molecule has 4 nitrogen and oxygen atoms in total. The van der Waals surface area contributed by atoms with Gasteiger partial charge in [0, 0.05) is 23.7 Å². The minimum absolute atomic E-state index is 0.0601. The normalized spacial score (nSPS) is 13.8. The molecule has 0 spiro atoms. The lowest BCUT2D eigenvalue weighted by Crippen LogP contribution is -2.32. The van der Waals surface area contributed by atoms with Gasteiger partial charge in [-0.1, -0.05) is 36.2 Å². The summed E-state index contributed by atoms with van der Waals surface area (Å²) in [7, 11) is 0. The highest BCUT2D eigenvalue weighted by Crippen LogP contribution is 2.33. The summed E-state index contributed by atoms with van der Waals surface area (Å²) >= 11 is 6.25. The number of hydrogen-bond donors (Lipinski definition) is 0. The van der Waals surface area contributed by atoms with E-state index in [2.05, 4.69) is 11.5 Å². The van der Waals surface area contributed by atoms with E-state index in [1.807, 2.05) is 54.3 Å². The van der Waals surface area contributed by atoms with Crippen molar-refractivity contribution in [3.8, 4) is 0 Å². The molecule has 0 aliphatic heterocycles. The molecule has 5 heteroatoms. The molecule has 2 aromatic carbocycles. The minimum Gasteiger partial charge on any atom is -0.331 e. The number of nitrogens with zero attached hydrogens (tertiary/aromatic N) is 3. The first-order valence-corrected chi connectivity index (χ1v) is 10.4. The Balaban J connectivity index is 1.67. The van der Waals surface area contributed by atoms with Crippen molar-refractivity contribution in [2.24, 2.45) is 5.92 Å². The zero-order chi connectivity index (χ0) is 19.7. The van der Waals surface area contributed by atoms with Crippen LogP contribution in [0, 0.1) is 12.8 Å². The van der Waals surface area contributed by atoms with Gasteiger partial charge < -0.3 is 9.47 Å². The van der Waals surface area contributed by atoms with Gasteiger partial charge in [-0.3, -0.25) is 4.79 Å². The van der Waals surface area contributed by atoms with Gasteiger partial charge in [-0.25, -0.2) is 4.98 Å². The van der Waals surface area contributed by atoms with Crippen LogP contribution in [0.1, 0.15) is 47.9 Å². The van der Waals surface area contributed by atoms with Gasteiger partial charge in [0.2, 0.25) is 0 Å². The number of aryl methyl sites for hydroxylation is 1. The molecular weight excluding hydrogens is 370 g/mol. The lowest BCUT2D eigenvalue weighted by atomic mass is 10.1. The van der Waals surface area contributed by atoms with Crippen molar-refractivity contribution >= 4 is 28.5 Å². The van der Waals surface area contributed by atoms with Gasteiger partial charge in [-0.05, 0) is 62.4 Å². The van der Waals surface area contributed by atoms with Crippen LogP contribution >= 0.6 is 11.6 Å². The summed E-state index contributed by atoms with van der Waals surface area (Å²) in [5.41, 5.74) is 3.89. The molecule has 3 aromatic rings. The molecule has 28 heavy (non-hydrogen) atoms. The van der Waals surface area contributed by atoms with Crippen molar-refractivity contribution in [1.82, 2.24) is 14.5 Å². The Morgan fingerprint density at radius 1 is 1.21 bits per heavy atom. The lowest BCUT2D eigenvalue weighted by molar-refractivity contribution is 0.0737. The van der Waals surface area contributed by atoms with E-state index < -0.39 is 0 Å². The Labute approximate surface area is 171 Å². The first-order valence-electron chi connectivity index (χ1n) is 10.1. The first-order chi connectivity index (χ1) is 13.5. The van der Waals surface area contributed by atoms with Gasteiger partial charge in [0.15, 0.2) is 0 Å². The molecular formula is C23H26ClN3O. The van der Waals surface area contributed by atoms with E-state index in [-0.39, 0.29) is 5.91 Å². The summed E-state index contributed by atoms with van der Waals surface area (Å²) in [4.78, 5) is 19.9. The maximum absolute atomic E-state index is 13.1. The number of amides is 1. The predicted octanol–water partition coefficient (Wildman–Crippen LogP) is 5.46. The van der Waals surface area contributed by atoms with Crippen LogP contribution in [0.4, 0.5) is 0 Å². The van der Waals surface area contributed by atoms with E-state index in [0.29, 0.717) is 19.0 Å². The van der Waals surface area contributed by atoms with Crippen LogP contribution in [0.2, 0.25) is 5.02 Å². The molecule has 4 rings (SSSR count). The Morgan fingerprint density at radius 3 is 2.64 bits per heavy atom. The molecule has 1 aliphatic rings. The van der Waals surface area contributed by atoms with Gasteiger partial charge in [-0.2, -0.15) is 0 Å². The third-order valence-electron chi connectivity index (χ3n) is 5.34. The van der Waals surface area contributed by atoms with E-state index in [4.69, 9.17) is 16.6 Å². The Morgan fingerprint density at radius 2 is 1.96 bits per heavy atom. The van der Waals surface area contributed by atoms with E-state index in [0.717, 1.165) is 46.0 Å². The van der Waals surface area contributed by atoms with Crippen LogP contribution in [0.3, 0.4) is 0 Å². The molecule has 0 bridgehead atoms. The average Bonchev–Trinajstić information content (AvgIpc) is 3.44. The highest BCUT2D eigenvalue weighted by Gasteiger charge is 2.26. The second-order valence-corrected chi connectivity index (χ2v) is 8.24. The zero-order valence-electron chi connectivity index (χ0n) is 16.5. The number of rotatable bonds is 7. The van der Waals surface area contributed by atoms with Crippen LogP contribution in [0.5, 0.6) is 0 Å². The summed E-state index contributed by atoms with van der Waals surface area (Å²) in [6.07, 6.45) is 3.44. The van der Waals surface area contributed by atoms with Gasteiger partial charge in [0.25, 0.3) is 5.91 Å². The lowest BCUT2D eigenvalue weighted by Gasteiger charge is -2.22. The second-order valence-electron chi connectivity index (χ2n) is 7.81. The van der Waals surface area contributed by atoms with E-state index in [1.165, 1.54) is 12.8 Å². The number of imidazole rings is 1. The van der Waals surface area contributed by atoms with Crippen LogP contribution in [0.15, 0.2) is 42.5 Å². The van der Waals surface area contributed by atoms with Crippen LogP contribution < -0.4 is 0 Å². The summed E-state index contributed by atoms with van der Waals surface area (Å²) in [6, 6.07) is 13.6. The molecule has 0 radical (unpaired) electrons. The number of carbonyl (C=O) groups is 1. The maximum Gasteiger partial charge on any atom is 0.254 e. The van der Waals surface area contributed by atoms with Crippen molar-refractivity contribution in [3.05, 3.63) is 64.4 Å². The fraction of sp³-hybridized carbons (Fsp3) is 0.391. The first kappa shape index (κ1) is 19.0. The highest BCUT2D eigenvalue weighted by atomic mass is 35.5. The van der Waals surface area contributed by atoms with Gasteiger partial charge in [-0.15, -0.1) is 0 Å². The fourth-order valence-electron chi connectivity index (χ4n) is 3.60. The highest BCUT2D eigenvalue weighted by molar-refractivity contribution is 6.31. The maximum atomic E-state index is 13.1. The monoisotopic (exact) mass is 395 g/mol. The number of carbonyl (C=O) groups excluding carboxylic acids is 1. The number of fused-ring (bicyclic) bond motifs is 1. The Bertz CT molecular complexity index is 989. The van der Waals surface area contributed by atoms with Gasteiger partial charge in [0.05, 0.1) is 17.6 Å². The number of benzene rings is 2. The molecule has 1 aromatic heterocycles. The smallest absolute Gasteiger partial charge is 0.254 e. The largest absolute Gasteiger partial charge is 0.331 e. The summed E-state index contributed by atoms with van der Waals surface area (Å²) in [5, 5.41) is 0.720. The summed E-state index contributed by atoms with van der Waals surface area (Å²) in [5.74, 6) is 1.71. The van der Waals surface area contributed by atoms with Crippen molar-refractivity contribution < 1.29 is 4.79 Å². The number of aromatic nitrogens is 2. The van der Waals surface area contributed by atoms with Gasteiger partial charge >= 0.3 is 0 Å². The Kier molecular flexibility index (Phi) is 5.40. The second kappa shape index (κ2) is 7.96. The Hall–Kier alpha value is -2.33. The third-order valence-corrected chi connectivity index (χ3v) is 5.57. The van der Waals surface area contributed by atoms with Crippen molar-refractivity contribution in [3.63, 3.8) is 0 Å². The van der Waals surface area contributed by atoms with Crippen LogP contribution in [-0.4, -0.2) is 26.9 Å². The minimum atomic E-state index is 0.0601. The molecule has 1 fully saturated rings. The molecule has 0 unspecified atom stereocenters. The van der Waals surface area contributed by atoms with Crippen molar-refractivity contribution in [2.75, 3.05) is 6.54 Å². The van der Waals surface area contributed by atoms with Crippen LogP contribution in [0.25, 0.3) is 11.0 Å². The SMILES string of the molecule is CCCN(Cc1nc2ccc(Cl)cc2n1CC1CC1)C(=O)c1ccc(C)cc1. The molecule has 1 amide bonds. The topological polar surface area (TPSA) is 38.1 Å². The van der Waals surface area contributed by atoms with E-state index >= 15 is 0 Å². The molecule has 1 aliphatic carbocycles. The van der Waals surface area contributed by atoms with E-state index in [1.54, 1.807) is 0 Å². The molecule has 146 valence electrons. The summed E-state index contributed by atoms with van der Waals surface area (Å²) in [6.45, 7) is 6.30. The quantitative estimate of drug-likeness (QED) is 0.532. The number of hydrogen-bond acceptors (Lipinski definition) is 2. The van der Waals surface area contributed by atoms with Crippen molar-refractivity contribution in [1.29, 1.82) is 0 Å². The van der Waals surface area contributed by atoms with Gasteiger partial charge in [0.1, 0.15) is 5.82 Å². The average molecular weight is 396 g/mol. The standard InChI is InChI=1S/C23H26ClN3O/c1-3-12-26(23(28)18-8-4-16(2)5-9-18)15-22-25-20-11-10-19(24)13-21(20)27(22)14-17-6-7-17/h4-5,8-11,13,17H,3,6-7,12,14-15H2,1-2H3. The van der Waals surface area contributed by atoms with Crippen LogP contribution in [-0.2, 0) is 13.1 Å². The molecule has 0 saturated heterocycles. The number of halogens is 1. The molecule has 0 N–H and O–H groups in total. The van der Waals surface area contributed by atoms with E-state index in [9.17, 15) is 4.79 Å².